The lowest BCUT2D eigenvalue weighted by Gasteiger charge is -2.35. The summed E-state index contributed by atoms with van der Waals surface area (Å²) >= 11 is 1.88. The summed E-state index contributed by atoms with van der Waals surface area (Å²) in [6, 6.07) is 2.22. The first-order chi connectivity index (χ1) is 12.3. The van der Waals surface area contributed by atoms with Crippen molar-refractivity contribution in [1.82, 2.24) is 15.1 Å². The Morgan fingerprint density at radius 3 is 3.00 bits per heavy atom. The molecular formula is C19H25N3O2S. The lowest BCUT2D eigenvalue weighted by Crippen LogP contribution is -2.41. The zero-order valence-electron chi connectivity index (χ0n) is 14.7. The van der Waals surface area contributed by atoms with Crippen LogP contribution in [0.15, 0.2) is 15.9 Å². The predicted molar refractivity (Wildman–Crippen MR) is 95.6 cm³/mol. The molecule has 2 saturated heterocycles. The first kappa shape index (κ1) is 16.0. The normalized spacial score (nSPS) is 29.9. The quantitative estimate of drug-likeness (QED) is 0.819. The van der Waals surface area contributed by atoms with Gasteiger partial charge < -0.3 is 9.15 Å². The molecule has 5 nitrogen and oxygen atoms in total. The third-order valence-corrected chi connectivity index (χ3v) is 7.01. The van der Waals surface area contributed by atoms with Gasteiger partial charge in [0.05, 0.1) is 19.1 Å². The minimum absolute atomic E-state index is 0.253. The van der Waals surface area contributed by atoms with E-state index in [-0.39, 0.29) is 6.10 Å². The molecule has 0 radical (unpaired) electrons. The minimum Gasteiger partial charge on any atom is -0.425 e. The average Bonchev–Trinajstić information content (AvgIpc) is 3.03. The lowest BCUT2D eigenvalue weighted by atomic mass is 9.83. The average molecular weight is 359 g/mol. The molecule has 0 amide bonds. The molecule has 0 spiro atoms. The van der Waals surface area contributed by atoms with Gasteiger partial charge in [-0.15, -0.1) is 21.5 Å². The highest BCUT2D eigenvalue weighted by Crippen LogP contribution is 2.40. The Labute approximate surface area is 152 Å². The zero-order valence-corrected chi connectivity index (χ0v) is 15.5. The molecule has 0 bridgehead atoms. The van der Waals surface area contributed by atoms with Crippen molar-refractivity contribution < 1.29 is 9.15 Å². The van der Waals surface area contributed by atoms with Crippen LogP contribution < -0.4 is 0 Å². The van der Waals surface area contributed by atoms with Crippen LogP contribution in [0.1, 0.15) is 47.4 Å². The summed E-state index contributed by atoms with van der Waals surface area (Å²) in [5, 5.41) is 10.7. The number of thiophene rings is 1. The van der Waals surface area contributed by atoms with Gasteiger partial charge in [0.15, 0.2) is 0 Å². The standard InChI is InChI=1S/C19H25N3O2S/c1-12-5-7-25-17(12)10-22-6-4-15-14(9-22)11-23-16(15)8-18-20-21-19(24-18)13-2-3-13/h5,7,13-16H,2-4,6,8-11H2,1H3/t14-,15-,16-/m1/s1. The maximum absolute atomic E-state index is 6.14. The van der Waals surface area contributed by atoms with Gasteiger partial charge in [-0.05, 0) is 55.7 Å². The molecule has 4 heterocycles. The smallest absolute Gasteiger partial charge is 0.219 e. The van der Waals surface area contributed by atoms with Gasteiger partial charge in [-0.1, -0.05) is 0 Å². The Hall–Kier alpha value is -1.24. The van der Waals surface area contributed by atoms with Gasteiger partial charge in [0.2, 0.25) is 11.8 Å². The van der Waals surface area contributed by atoms with Crippen molar-refractivity contribution in [1.29, 1.82) is 0 Å². The molecule has 1 saturated carbocycles. The van der Waals surface area contributed by atoms with E-state index in [2.05, 4.69) is 33.5 Å². The van der Waals surface area contributed by atoms with Crippen LogP contribution in [0.25, 0.3) is 0 Å². The second-order valence-electron chi connectivity index (χ2n) is 7.86. The summed E-state index contributed by atoms with van der Waals surface area (Å²) in [5.41, 5.74) is 1.43. The Morgan fingerprint density at radius 1 is 1.28 bits per heavy atom. The number of piperidine rings is 1. The molecule has 25 heavy (non-hydrogen) atoms. The second kappa shape index (κ2) is 6.49. The number of aryl methyl sites for hydroxylation is 1. The van der Waals surface area contributed by atoms with Gasteiger partial charge in [0, 0.05) is 29.8 Å². The highest BCUT2D eigenvalue weighted by Gasteiger charge is 2.41. The second-order valence-corrected chi connectivity index (χ2v) is 8.86. The fourth-order valence-electron chi connectivity index (χ4n) is 4.30. The van der Waals surface area contributed by atoms with Gasteiger partial charge >= 0.3 is 0 Å². The maximum Gasteiger partial charge on any atom is 0.219 e. The van der Waals surface area contributed by atoms with Crippen molar-refractivity contribution in [3.63, 3.8) is 0 Å². The molecule has 0 N–H and O–H groups in total. The van der Waals surface area contributed by atoms with Crippen LogP contribution in [0.2, 0.25) is 0 Å². The van der Waals surface area contributed by atoms with Crippen LogP contribution in [-0.4, -0.2) is 40.9 Å². The van der Waals surface area contributed by atoms with Crippen molar-refractivity contribution in [3.05, 3.63) is 33.7 Å². The van der Waals surface area contributed by atoms with Crippen LogP contribution in [-0.2, 0) is 17.7 Å². The van der Waals surface area contributed by atoms with E-state index in [0.717, 1.165) is 44.4 Å². The Bertz CT molecular complexity index is 739. The summed E-state index contributed by atoms with van der Waals surface area (Å²) < 4.78 is 12.0. The molecule has 1 aliphatic carbocycles. The number of ether oxygens (including phenoxy) is 1. The molecule has 5 rings (SSSR count). The topological polar surface area (TPSA) is 51.4 Å². The van der Waals surface area contributed by atoms with Gasteiger partial charge in [-0.25, -0.2) is 0 Å². The van der Waals surface area contributed by atoms with E-state index in [4.69, 9.17) is 9.15 Å². The number of aromatic nitrogens is 2. The van der Waals surface area contributed by atoms with Crippen LogP contribution in [0.3, 0.4) is 0 Å². The summed E-state index contributed by atoms with van der Waals surface area (Å²) in [6.07, 6.45) is 4.65. The fourth-order valence-corrected chi connectivity index (χ4v) is 5.25. The number of hydrogen-bond donors (Lipinski definition) is 0. The van der Waals surface area contributed by atoms with Crippen LogP contribution >= 0.6 is 11.3 Å². The molecule has 0 aromatic carbocycles. The van der Waals surface area contributed by atoms with E-state index in [9.17, 15) is 0 Å². The largest absolute Gasteiger partial charge is 0.425 e. The molecule has 6 heteroatoms. The minimum atomic E-state index is 0.253. The highest BCUT2D eigenvalue weighted by molar-refractivity contribution is 7.10. The van der Waals surface area contributed by atoms with Crippen molar-refractivity contribution >= 4 is 11.3 Å². The summed E-state index contributed by atoms with van der Waals surface area (Å²) in [5.74, 6) is 3.42. The molecular weight excluding hydrogens is 334 g/mol. The monoisotopic (exact) mass is 359 g/mol. The first-order valence-electron chi connectivity index (χ1n) is 9.45. The summed E-state index contributed by atoms with van der Waals surface area (Å²) in [4.78, 5) is 4.11. The molecule has 2 aliphatic heterocycles. The zero-order chi connectivity index (χ0) is 16.8. The Balaban J connectivity index is 1.19. The molecule has 0 unspecified atom stereocenters. The van der Waals surface area contributed by atoms with E-state index in [1.54, 1.807) is 0 Å². The van der Waals surface area contributed by atoms with Gasteiger partial charge in [-0.2, -0.15) is 0 Å². The van der Waals surface area contributed by atoms with Crippen molar-refractivity contribution in [2.75, 3.05) is 19.7 Å². The third-order valence-electron chi connectivity index (χ3n) is 6.00. The van der Waals surface area contributed by atoms with E-state index in [0.29, 0.717) is 17.8 Å². The third kappa shape index (κ3) is 3.27. The van der Waals surface area contributed by atoms with Crippen molar-refractivity contribution in [2.45, 2.75) is 51.2 Å². The van der Waals surface area contributed by atoms with Crippen LogP contribution in [0.5, 0.6) is 0 Å². The maximum atomic E-state index is 6.14. The van der Waals surface area contributed by atoms with E-state index < -0.39 is 0 Å². The van der Waals surface area contributed by atoms with Crippen LogP contribution in [0, 0.1) is 18.8 Å². The van der Waals surface area contributed by atoms with E-state index in [1.807, 2.05) is 11.3 Å². The number of likely N-dealkylation sites (tertiary alicyclic amines) is 1. The molecule has 2 aromatic rings. The summed E-state index contributed by atoms with van der Waals surface area (Å²) in [6.45, 7) is 6.49. The predicted octanol–water partition coefficient (Wildman–Crippen LogP) is 3.40. The highest BCUT2D eigenvalue weighted by atomic mass is 32.1. The van der Waals surface area contributed by atoms with E-state index in [1.165, 1.54) is 29.7 Å². The lowest BCUT2D eigenvalue weighted by molar-refractivity contribution is 0.0793. The SMILES string of the molecule is Cc1ccsc1CN1CC[C@@H]2[C@@H](CO[C@@H]2Cc2nnc(C3CC3)o2)C1. The number of nitrogens with zero attached hydrogens (tertiary/aromatic N) is 3. The number of fused-ring (bicyclic) bond motifs is 1. The summed E-state index contributed by atoms with van der Waals surface area (Å²) in [7, 11) is 0. The number of hydrogen-bond acceptors (Lipinski definition) is 6. The van der Waals surface area contributed by atoms with Crippen molar-refractivity contribution in [2.24, 2.45) is 11.8 Å². The Morgan fingerprint density at radius 2 is 2.20 bits per heavy atom. The van der Waals surface area contributed by atoms with Gasteiger partial charge in [-0.3, -0.25) is 4.90 Å². The first-order valence-corrected chi connectivity index (χ1v) is 10.3. The molecule has 3 fully saturated rings. The molecule has 2 aromatic heterocycles. The van der Waals surface area contributed by atoms with Crippen LogP contribution in [0.4, 0.5) is 0 Å². The molecule has 3 aliphatic rings. The number of rotatable bonds is 5. The fraction of sp³-hybridized carbons (Fsp3) is 0.684. The Kier molecular flexibility index (Phi) is 4.14. The van der Waals surface area contributed by atoms with Gasteiger partial charge in [0.1, 0.15) is 0 Å². The van der Waals surface area contributed by atoms with Crippen molar-refractivity contribution in [3.8, 4) is 0 Å². The van der Waals surface area contributed by atoms with E-state index >= 15 is 0 Å². The van der Waals surface area contributed by atoms with Gasteiger partial charge in [0.25, 0.3) is 0 Å². The molecule has 134 valence electrons. The molecule has 3 atom stereocenters.